The van der Waals surface area contributed by atoms with Crippen LogP contribution in [0.25, 0.3) is 0 Å². The summed E-state index contributed by atoms with van der Waals surface area (Å²) >= 11 is 6.16. The number of rotatable bonds is 4. The summed E-state index contributed by atoms with van der Waals surface area (Å²) in [7, 11) is 0. The lowest BCUT2D eigenvalue weighted by atomic mass is 10.1. The summed E-state index contributed by atoms with van der Waals surface area (Å²) in [5.74, 6) is -0.503. The summed E-state index contributed by atoms with van der Waals surface area (Å²) in [4.78, 5) is 18.2. The Balaban J connectivity index is 1.90. The number of esters is 1. The van der Waals surface area contributed by atoms with Crippen molar-refractivity contribution < 1.29 is 22.7 Å². The molecule has 0 saturated carbocycles. The smallest absolute Gasteiger partial charge is 0.416 e. The Hall–Kier alpha value is -2.28. The molecule has 1 unspecified atom stereocenters. The van der Waals surface area contributed by atoms with Gasteiger partial charge in [0.15, 0.2) is 0 Å². The van der Waals surface area contributed by atoms with Gasteiger partial charge in [0.05, 0.1) is 34.6 Å². The van der Waals surface area contributed by atoms with E-state index in [-0.39, 0.29) is 23.4 Å². The molecule has 1 aromatic carbocycles. The van der Waals surface area contributed by atoms with Gasteiger partial charge in [0.25, 0.3) is 0 Å². The van der Waals surface area contributed by atoms with E-state index in [2.05, 4.69) is 4.98 Å². The second-order valence-corrected chi connectivity index (χ2v) is 6.59. The van der Waals surface area contributed by atoms with Gasteiger partial charge in [0.2, 0.25) is 0 Å². The van der Waals surface area contributed by atoms with Crippen molar-refractivity contribution in [2.75, 3.05) is 18.1 Å². The Morgan fingerprint density at radius 3 is 2.78 bits per heavy atom. The topological polar surface area (TPSA) is 42.4 Å². The molecule has 0 radical (unpaired) electrons. The van der Waals surface area contributed by atoms with E-state index in [0.717, 1.165) is 25.0 Å². The number of ether oxygens (including phenoxy) is 1. The van der Waals surface area contributed by atoms with E-state index < -0.39 is 17.7 Å². The summed E-state index contributed by atoms with van der Waals surface area (Å²) in [5.41, 5.74) is 0.610. The molecule has 0 N–H and O–H groups in total. The van der Waals surface area contributed by atoms with Gasteiger partial charge in [-0.15, -0.1) is 0 Å². The van der Waals surface area contributed by atoms with Gasteiger partial charge in [-0.1, -0.05) is 17.7 Å². The van der Waals surface area contributed by atoms with Crippen LogP contribution in [-0.4, -0.2) is 24.1 Å². The van der Waals surface area contributed by atoms with Crippen LogP contribution in [0, 0.1) is 0 Å². The van der Waals surface area contributed by atoms with Gasteiger partial charge < -0.3 is 9.64 Å². The SMILES string of the molecule is CCOC(=O)c1cccc(C2CCCN2c2ccc(C(F)(F)F)cc2Cl)n1. The molecule has 144 valence electrons. The van der Waals surface area contributed by atoms with Crippen LogP contribution in [-0.2, 0) is 10.9 Å². The predicted molar refractivity (Wildman–Crippen MR) is 96.0 cm³/mol. The third kappa shape index (κ3) is 4.18. The number of hydrogen-bond donors (Lipinski definition) is 0. The molecule has 1 aromatic heterocycles. The molecule has 1 atom stereocenters. The van der Waals surface area contributed by atoms with E-state index in [1.165, 1.54) is 6.07 Å². The molecular weight excluding hydrogens is 381 g/mol. The van der Waals surface area contributed by atoms with Gasteiger partial charge in [0, 0.05) is 6.54 Å². The molecule has 0 bridgehead atoms. The molecule has 8 heteroatoms. The minimum absolute atomic E-state index is 0.0401. The summed E-state index contributed by atoms with van der Waals surface area (Å²) < 4.78 is 43.6. The summed E-state index contributed by atoms with van der Waals surface area (Å²) in [6.45, 7) is 2.61. The minimum Gasteiger partial charge on any atom is -0.461 e. The number of nitrogens with zero attached hydrogens (tertiary/aromatic N) is 2. The zero-order valence-electron chi connectivity index (χ0n) is 14.6. The average molecular weight is 399 g/mol. The fraction of sp³-hybridized carbons (Fsp3) is 0.368. The number of hydrogen-bond acceptors (Lipinski definition) is 4. The monoisotopic (exact) mass is 398 g/mol. The van der Waals surface area contributed by atoms with Crippen molar-refractivity contribution in [1.82, 2.24) is 4.98 Å². The fourth-order valence-corrected chi connectivity index (χ4v) is 3.52. The van der Waals surface area contributed by atoms with E-state index in [0.29, 0.717) is 17.9 Å². The van der Waals surface area contributed by atoms with Gasteiger partial charge >= 0.3 is 12.1 Å². The Labute approximate surface area is 159 Å². The van der Waals surface area contributed by atoms with Gasteiger partial charge in [-0.3, -0.25) is 0 Å². The first-order valence-corrected chi connectivity index (χ1v) is 8.96. The van der Waals surface area contributed by atoms with Crippen molar-refractivity contribution in [3.63, 3.8) is 0 Å². The highest BCUT2D eigenvalue weighted by Crippen LogP contribution is 2.41. The molecule has 0 spiro atoms. The third-order valence-electron chi connectivity index (χ3n) is 4.43. The number of carbonyl (C=O) groups excluding carboxylic acids is 1. The third-order valence-corrected chi connectivity index (χ3v) is 4.74. The molecule has 3 rings (SSSR count). The van der Waals surface area contributed by atoms with E-state index in [1.807, 2.05) is 4.90 Å². The highest BCUT2D eigenvalue weighted by atomic mass is 35.5. The maximum Gasteiger partial charge on any atom is 0.416 e. The van der Waals surface area contributed by atoms with Crippen LogP contribution in [0.4, 0.5) is 18.9 Å². The van der Waals surface area contributed by atoms with Crippen LogP contribution >= 0.6 is 11.6 Å². The van der Waals surface area contributed by atoms with Crippen LogP contribution in [0.2, 0.25) is 5.02 Å². The van der Waals surface area contributed by atoms with E-state index in [4.69, 9.17) is 16.3 Å². The summed E-state index contributed by atoms with van der Waals surface area (Å²) in [5, 5.41) is 0.0401. The highest BCUT2D eigenvalue weighted by Gasteiger charge is 2.33. The molecular formula is C19H18ClF3N2O2. The second-order valence-electron chi connectivity index (χ2n) is 6.18. The summed E-state index contributed by atoms with van der Waals surface area (Å²) in [6, 6.07) is 8.27. The lowest BCUT2D eigenvalue weighted by molar-refractivity contribution is -0.137. The molecule has 1 aliphatic rings. The van der Waals surface area contributed by atoms with Crippen LogP contribution in [0.5, 0.6) is 0 Å². The molecule has 1 aliphatic heterocycles. The van der Waals surface area contributed by atoms with E-state index in [9.17, 15) is 18.0 Å². The van der Waals surface area contributed by atoms with Gasteiger partial charge in [-0.25, -0.2) is 9.78 Å². The zero-order chi connectivity index (χ0) is 19.6. The first-order chi connectivity index (χ1) is 12.8. The second kappa shape index (κ2) is 7.76. The standard InChI is InChI=1S/C19H18ClF3N2O2/c1-2-27-18(26)15-6-3-5-14(24-15)17-7-4-10-25(17)16-9-8-12(11-13(16)20)19(21,22)23/h3,5-6,8-9,11,17H,2,4,7,10H2,1H3. The molecule has 2 heterocycles. The molecule has 0 aliphatic carbocycles. The van der Waals surface area contributed by atoms with Crippen molar-refractivity contribution >= 4 is 23.3 Å². The lowest BCUT2D eigenvalue weighted by Crippen LogP contribution is -2.24. The molecule has 2 aromatic rings. The molecule has 27 heavy (non-hydrogen) atoms. The number of halogens is 4. The number of pyridine rings is 1. The van der Waals surface area contributed by atoms with Gasteiger partial charge in [-0.2, -0.15) is 13.2 Å². The van der Waals surface area contributed by atoms with E-state index >= 15 is 0 Å². The van der Waals surface area contributed by atoms with Crippen molar-refractivity contribution in [2.24, 2.45) is 0 Å². The number of anilines is 1. The molecule has 4 nitrogen and oxygen atoms in total. The number of alkyl halides is 3. The Morgan fingerprint density at radius 1 is 1.33 bits per heavy atom. The maximum atomic E-state index is 12.9. The first-order valence-electron chi connectivity index (χ1n) is 8.58. The minimum atomic E-state index is -4.44. The summed E-state index contributed by atoms with van der Waals surface area (Å²) in [6.07, 6.45) is -2.84. The maximum absolute atomic E-state index is 12.9. The highest BCUT2D eigenvalue weighted by molar-refractivity contribution is 6.33. The van der Waals surface area contributed by atoms with E-state index in [1.54, 1.807) is 25.1 Å². The predicted octanol–water partition coefficient (Wildman–Crippen LogP) is 5.27. The molecule has 1 saturated heterocycles. The normalized spacial score (nSPS) is 17.2. The Bertz CT molecular complexity index is 842. The van der Waals surface area contributed by atoms with Crippen LogP contribution in [0.3, 0.4) is 0 Å². The fourth-order valence-electron chi connectivity index (χ4n) is 3.23. The van der Waals surface area contributed by atoms with Gasteiger partial charge in [-0.05, 0) is 50.1 Å². The quantitative estimate of drug-likeness (QED) is 0.658. The van der Waals surface area contributed by atoms with Crippen molar-refractivity contribution in [1.29, 1.82) is 0 Å². The van der Waals surface area contributed by atoms with Crippen molar-refractivity contribution in [3.8, 4) is 0 Å². The Morgan fingerprint density at radius 2 is 2.11 bits per heavy atom. The molecule has 1 fully saturated rings. The average Bonchev–Trinajstić information content (AvgIpc) is 3.10. The molecule has 0 amide bonds. The Kier molecular flexibility index (Phi) is 5.60. The lowest BCUT2D eigenvalue weighted by Gasteiger charge is -2.28. The first kappa shape index (κ1) is 19.5. The van der Waals surface area contributed by atoms with Crippen molar-refractivity contribution in [3.05, 3.63) is 58.4 Å². The van der Waals surface area contributed by atoms with Crippen molar-refractivity contribution in [2.45, 2.75) is 32.0 Å². The largest absolute Gasteiger partial charge is 0.461 e. The van der Waals surface area contributed by atoms with Crippen LogP contribution < -0.4 is 4.90 Å². The van der Waals surface area contributed by atoms with Gasteiger partial charge in [0.1, 0.15) is 5.69 Å². The number of aromatic nitrogens is 1. The number of benzene rings is 1. The number of carbonyl (C=O) groups is 1. The zero-order valence-corrected chi connectivity index (χ0v) is 15.3. The van der Waals surface area contributed by atoms with Crippen LogP contribution in [0.1, 0.15) is 47.6 Å². The van der Waals surface area contributed by atoms with Crippen LogP contribution in [0.15, 0.2) is 36.4 Å².